The van der Waals surface area contributed by atoms with Crippen LogP contribution in [-0.4, -0.2) is 56.5 Å². The molecular weight excluding hydrogens is 298 g/mol. The van der Waals surface area contributed by atoms with Crippen molar-refractivity contribution in [2.24, 2.45) is 5.41 Å². The summed E-state index contributed by atoms with van der Waals surface area (Å²) in [6.45, 7) is 14.5. The Hall–Kier alpha value is -0.853. The second kappa shape index (κ2) is 7.61. The lowest BCUT2D eigenvalue weighted by Crippen LogP contribution is -2.58. The molecule has 2 atom stereocenters. The van der Waals surface area contributed by atoms with Crippen molar-refractivity contribution in [1.82, 2.24) is 4.90 Å². The Morgan fingerprint density at radius 1 is 1.50 bits per heavy atom. The second-order valence-corrected chi connectivity index (χ2v) is 9.83. The summed E-state index contributed by atoms with van der Waals surface area (Å²) < 4.78 is 11.2. The molecule has 1 rings (SSSR count). The molecule has 0 saturated carbocycles. The van der Waals surface area contributed by atoms with Crippen molar-refractivity contribution in [1.29, 1.82) is 0 Å². The number of nitrogens with zero attached hydrogens (tertiary/aromatic N) is 1. The first-order valence-electron chi connectivity index (χ1n) is 7.97. The molecular formula is C16H31NO4Si. The molecule has 0 bridgehead atoms. The van der Waals surface area contributed by atoms with Crippen LogP contribution in [-0.2, 0) is 9.16 Å². The van der Waals surface area contributed by atoms with Gasteiger partial charge in [-0.25, -0.2) is 4.79 Å². The summed E-state index contributed by atoms with van der Waals surface area (Å²) in [7, 11) is -1.23. The first kappa shape index (κ1) is 19.2. The van der Waals surface area contributed by atoms with Crippen LogP contribution in [0.1, 0.15) is 33.6 Å². The number of hydrogen-bond donors (Lipinski definition) is 1. The van der Waals surface area contributed by atoms with Gasteiger partial charge in [0.15, 0.2) is 9.04 Å². The van der Waals surface area contributed by atoms with E-state index in [2.05, 4.69) is 40.4 Å². The van der Waals surface area contributed by atoms with E-state index >= 15 is 0 Å². The molecule has 0 spiro atoms. The fraction of sp³-hybridized carbons (Fsp3) is 0.812. The number of ether oxygens (including phenoxy) is 1. The molecule has 0 aromatic rings. The van der Waals surface area contributed by atoms with Gasteiger partial charge in [-0.05, 0) is 31.4 Å². The highest BCUT2D eigenvalue weighted by Crippen LogP contribution is 2.42. The van der Waals surface area contributed by atoms with E-state index in [1.54, 1.807) is 11.0 Å². The number of carbonyl (C=O) groups excluding carboxylic acids is 1. The zero-order valence-corrected chi connectivity index (χ0v) is 15.7. The third kappa shape index (κ3) is 4.33. The molecule has 2 unspecified atom stereocenters. The van der Waals surface area contributed by atoms with Crippen molar-refractivity contribution in [3.63, 3.8) is 0 Å². The van der Waals surface area contributed by atoms with E-state index in [9.17, 15) is 9.90 Å². The number of rotatable bonds is 6. The highest BCUT2D eigenvalue weighted by molar-refractivity contribution is 6.48. The minimum atomic E-state index is -1.23. The number of carbonyl (C=O) groups is 1. The van der Waals surface area contributed by atoms with Crippen molar-refractivity contribution in [3.8, 4) is 0 Å². The summed E-state index contributed by atoms with van der Waals surface area (Å²) in [6, 6.07) is 0.0226. The number of amides is 1. The molecule has 1 heterocycles. The van der Waals surface area contributed by atoms with Gasteiger partial charge in [-0.2, -0.15) is 0 Å². The van der Waals surface area contributed by atoms with Crippen molar-refractivity contribution >= 4 is 15.1 Å². The summed E-state index contributed by atoms with van der Waals surface area (Å²) in [5.74, 6) is 0. The van der Waals surface area contributed by atoms with Crippen LogP contribution in [0.15, 0.2) is 12.7 Å². The molecule has 0 radical (unpaired) electrons. The Labute approximate surface area is 136 Å². The molecule has 6 heteroatoms. The van der Waals surface area contributed by atoms with Crippen LogP contribution in [0.25, 0.3) is 0 Å². The molecule has 22 heavy (non-hydrogen) atoms. The molecule has 1 amide bonds. The minimum Gasteiger partial charge on any atom is -0.445 e. The molecule has 1 N–H and O–H groups in total. The van der Waals surface area contributed by atoms with Crippen LogP contribution in [0.5, 0.6) is 0 Å². The SMILES string of the molecule is C=CCOC(=O)N1C(C(C)(C)C)CCC1(CO)CO[SiH](C)C. The van der Waals surface area contributed by atoms with Gasteiger partial charge in [-0.3, -0.25) is 4.90 Å². The quantitative estimate of drug-likeness (QED) is 0.601. The summed E-state index contributed by atoms with van der Waals surface area (Å²) >= 11 is 0. The van der Waals surface area contributed by atoms with E-state index in [4.69, 9.17) is 9.16 Å². The standard InChI is InChI=1S/C16H31NO4Si/c1-7-10-20-14(19)17-13(15(2,3)4)8-9-16(17,11-18)12-21-22(5)6/h7,13,18,22H,1,8-12H2,2-6H3. The maximum absolute atomic E-state index is 12.6. The van der Waals surface area contributed by atoms with Crippen LogP contribution in [0.2, 0.25) is 13.1 Å². The highest BCUT2D eigenvalue weighted by Gasteiger charge is 2.52. The lowest BCUT2D eigenvalue weighted by atomic mass is 9.85. The summed E-state index contributed by atoms with van der Waals surface area (Å²) in [5.41, 5.74) is -0.757. The number of aliphatic hydroxyl groups is 1. The Morgan fingerprint density at radius 2 is 2.14 bits per heavy atom. The van der Waals surface area contributed by atoms with Gasteiger partial charge in [0.25, 0.3) is 0 Å². The Kier molecular flexibility index (Phi) is 6.64. The lowest BCUT2D eigenvalue weighted by Gasteiger charge is -2.43. The third-order valence-corrected chi connectivity index (χ3v) is 5.04. The largest absolute Gasteiger partial charge is 0.445 e. The van der Waals surface area contributed by atoms with Crippen molar-refractivity contribution < 1.29 is 19.1 Å². The van der Waals surface area contributed by atoms with E-state index in [-0.39, 0.29) is 30.8 Å². The van der Waals surface area contributed by atoms with Gasteiger partial charge < -0.3 is 14.3 Å². The Balaban J connectivity index is 3.07. The summed E-state index contributed by atoms with van der Waals surface area (Å²) in [6.07, 6.45) is 2.74. The first-order chi connectivity index (χ1) is 10.2. The van der Waals surface area contributed by atoms with E-state index in [0.717, 1.165) is 12.8 Å². The number of aliphatic hydroxyl groups excluding tert-OH is 1. The van der Waals surface area contributed by atoms with Crippen molar-refractivity contribution in [2.75, 3.05) is 19.8 Å². The topological polar surface area (TPSA) is 59.0 Å². The molecule has 1 fully saturated rings. The van der Waals surface area contributed by atoms with Gasteiger partial charge in [0.05, 0.1) is 18.8 Å². The Morgan fingerprint density at radius 3 is 2.59 bits per heavy atom. The van der Waals surface area contributed by atoms with Gasteiger partial charge in [-0.15, -0.1) is 0 Å². The zero-order valence-electron chi connectivity index (χ0n) is 14.6. The number of likely N-dealkylation sites (tertiary alicyclic amines) is 1. The number of hydrogen-bond acceptors (Lipinski definition) is 4. The molecule has 128 valence electrons. The molecule has 5 nitrogen and oxygen atoms in total. The van der Waals surface area contributed by atoms with Crippen molar-refractivity contribution in [2.45, 2.75) is 58.3 Å². The summed E-state index contributed by atoms with van der Waals surface area (Å²) in [4.78, 5) is 14.3. The molecule has 1 saturated heterocycles. The lowest BCUT2D eigenvalue weighted by molar-refractivity contribution is -0.0142. The molecule has 1 aliphatic heterocycles. The fourth-order valence-corrected chi connectivity index (χ4v) is 3.63. The summed E-state index contributed by atoms with van der Waals surface area (Å²) in [5, 5.41) is 10.0. The van der Waals surface area contributed by atoms with Crippen LogP contribution in [0.4, 0.5) is 4.79 Å². The van der Waals surface area contributed by atoms with Crippen molar-refractivity contribution in [3.05, 3.63) is 12.7 Å². The minimum absolute atomic E-state index is 0.0226. The van der Waals surface area contributed by atoms with Crippen LogP contribution in [0, 0.1) is 5.41 Å². The monoisotopic (exact) mass is 329 g/mol. The molecule has 0 aliphatic carbocycles. The average molecular weight is 330 g/mol. The van der Waals surface area contributed by atoms with Gasteiger partial charge in [0.2, 0.25) is 0 Å². The highest BCUT2D eigenvalue weighted by atomic mass is 28.3. The predicted molar refractivity (Wildman–Crippen MR) is 90.5 cm³/mol. The normalized spacial score (nSPS) is 25.6. The van der Waals surface area contributed by atoms with Gasteiger partial charge in [0.1, 0.15) is 6.61 Å². The van der Waals surface area contributed by atoms with E-state index in [0.29, 0.717) is 6.61 Å². The average Bonchev–Trinajstić information content (AvgIpc) is 2.82. The molecule has 0 aromatic carbocycles. The van der Waals surface area contributed by atoms with Crippen LogP contribution in [0.3, 0.4) is 0 Å². The van der Waals surface area contributed by atoms with E-state index in [1.807, 2.05) is 0 Å². The van der Waals surface area contributed by atoms with Gasteiger partial charge >= 0.3 is 6.09 Å². The maximum Gasteiger partial charge on any atom is 0.410 e. The smallest absolute Gasteiger partial charge is 0.410 e. The fourth-order valence-electron chi connectivity index (χ4n) is 2.99. The van der Waals surface area contributed by atoms with E-state index < -0.39 is 14.6 Å². The predicted octanol–water partition coefficient (Wildman–Crippen LogP) is 2.55. The zero-order chi connectivity index (χ0) is 17.0. The van der Waals surface area contributed by atoms with Crippen LogP contribution < -0.4 is 0 Å². The van der Waals surface area contributed by atoms with E-state index in [1.165, 1.54) is 0 Å². The van der Waals surface area contributed by atoms with Crippen LogP contribution >= 0.6 is 0 Å². The molecule has 0 aromatic heterocycles. The first-order valence-corrected chi connectivity index (χ1v) is 10.8. The van der Waals surface area contributed by atoms with Gasteiger partial charge in [-0.1, -0.05) is 33.4 Å². The van der Waals surface area contributed by atoms with Gasteiger partial charge in [0, 0.05) is 6.04 Å². The molecule has 1 aliphatic rings. The second-order valence-electron chi connectivity index (χ2n) is 7.40. The third-order valence-electron chi connectivity index (χ3n) is 4.21. The Bertz CT molecular complexity index is 394. The maximum atomic E-state index is 12.6.